The van der Waals surface area contributed by atoms with Crippen LogP contribution < -0.4 is 0 Å². The molecule has 1 aliphatic rings. The lowest BCUT2D eigenvalue weighted by Gasteiger charge is -2.36. The maximum Gasteiger partial charge on any atom is 0.307 e. The number of carbonyl (C=O) groups excluding carboxylic acids is 3. The van der Waals surface area contributed by atoms with Crippen molar-refractivity contribution in [2.45, 2.75) is 84.4 Å². The third-order valence-electron chi connectivity index (χ3n) is 6.88. The lowest BCUT2D eigenvalue weighted by molar-refractivity contribution is -0.161. The molecule has 5 unspecified atom stereocenters. The minimum Gasteiger partial charge on any atom is -0.463 e. The molecule has 0 aromatic carbocycles. The highest BCUT2D eigenvalue weighted by atomic mass is 16.6. The number of hydrogen-bond acceptors (Lipinski definition) is 10. The van der Waals surface area contributed by atoms with E-state index in [1.54, 1.807) is 13.0 Å². The molecule has 0 aliphatic heterocycles. The molecule has 0 saturated carbocycles. The minimum absolute atomic E-state index is 0.260. The highest BCUT2D eigenvalue weighted by Gasteiger charge is 2.40. The standard InChI is InChI=1S/C33H46O10/c1-7-8-9-11-21(2)12-10-13-22(3)14-15-24-23(4)30(39)27(18-33(24,5)6)43-29(38)17-16-28(37)42-20-26(36)32(41)31(40)25(35)19-34/h7-15,25-27,31-32,34-36,40-41H,1,16-20H2,2-6H3. The number of ketones is 1. The number of hydrogen-bond donors (Lipinski definition) is 5. The summed E-state index contributed by atoms with van der Waals surface area (Å²) in [5, 5.41) is 47.3. The van der Waals surface area contributed by atoms with Crippen molar-refractivity contribution in [3.63, 3.8) is 0 Å². The average Bonchev–Trinajstić information content (AvgIpc) is 2.95. The molecule has 0 aromatic heterocycles. The summed E-state index contributed by atoms with van der Waals surface area (Å²) in [7, 11) is 0. The molecule has 0 heterocycles. The van der Waals surface area contributed by atoms with Crippen LogP contribution in [0.2, 0.25) is 0 Å². The molecule has 0 radical (unpaired) electrons. The Morgan fingerprint density at radius 1 is 0.953 bits per heavy atom. The van der Waals surface area contributed by atoms with E-state index in [0.717, 1.165) is 16.7 Å². The largest absolute Gasteiger partial charge is 0.463 e. The van der Waals surface area contributed by atoms with Crippen molar-refractivity contribution in [3.8, 4) is 0 Å². The number of Topliss-reactive ketones (excluding diaryl/α,β-unsaturated/α-hetero) is 1. The van der Waals surface area contributed by atoms with Crippen LogP contribution in [0, 0.1) is 5.41 Å². The SMILES string of the molecule is C=CC=CC=C(C)C=CC=C(C)C=CC1=C(C)C(=O)C(OC(=O)CCC(=O)OCC(O)C(O)C(O)C(O)CO)CC1(C)C. The Hall–Kier alpha value is -3.41. The minimum atomic E-state index is -1.88. The van der Waals surface area contributed by atoms with Gasteiger partial charge < -0.3 is 35.0 Å². The van der Waals surface area contributed by atoms with Gasteiger partial charge in [0.05, 0.1) is 19.4 Å². The first-order chi connectivity index (χ1) is 20.1. The van der Waals surface area contributed by atoms with Gasteiger partial charge in [-0.1, -0.05) is 86.3 Å². The first-order valence-corrected chi connectivity index (χ1v) is 14.1. The molecule has 5 N–H and O–H groups in total. The van der Waals surface area contributed by atoms with Crippen molar-refractivity contribution in [1.29, 1.82) is 0 Å². The van der Waals surface area contributed by atoms with Gasteiger partial charge >= 0.3 is 11.9 Å². The van der Waals surface area contributed by atoms with Gasteiger partial charge in [0.25, 0.3) is 0 Å². The van der Waals surface area contributed by atoms with E-state index in [1.807, 2.05) is 76.3 Å². The van der Waals surface area contributed by atoms with Crippen LogP contribution in [0.1, 0.15) is 53.9 Å². The molecule has 10 heteroatoms. The molecule has 0 fully saturated rings. The normalized spacial score (nSPS) is 20.9. The lowest BCUT2D eigenvalue weighted by atomic mass is 9.71. The second-order valence-corrected chi connectivity index (χ2v) is 11.1. The third kappa shape index (κ3) is 12.8. The van der Waals surface area contributed by atoms with Crippen LogP contribution in [0.3, 0.4) is 0 Å². The summed E-state index contributed by atoms with van der Waals surface area (Å²) in [6.07, 6.45) is 8.46. The number of allylic oxidation sites excluding steroid dienone is 12. The van der Waals surface area contributed by atoms with Gasteiger partial charge in [0.2, 0.25) is 0 Å². The van der Waals surface area contributed by atoms with Crippen LogP contribution in [0.15, 0.2) is 83.6 Å². The van der Waals surface area contributed by atoms with Crippen LogP contribution in [0.5, 0.6) is 0 Å². The van der Waals surface area contributed by atoms with Gasteiger partial charge in [-0.05, 0) is 37.3 Å². The molecule has 0 saturated heterocycles. The van der Waals surface area contributed by atoms with Crippen LogP contribution in [-0.2, 0) is 23.9 Å². The molecule has 1 aliphatic carbocycles. The molecule has 1 rings (SSSR count). The quantitative estimate of drug-likeness (QED) is 0.131. The van der Waals surface area contributed by atoms with Crippen molar-refractivity contribution in [1.82, 2.24) is 0 Å². The molecule has 0 amide bonds. The summed E-state index contributed by atoms with van der Waals surface area (Å²) < 4.78 is 10.2. The van der Waals surface area contributed by atoms with Crippen molar-refractivity contribution in [2.75, 3.05) is 13.2 Å². The third-order valence-corrected chi connectivity index (χ3v) is 6.88. The molecule has 10 nitrogen and oxygen atoms in total. The smallest absolute Gasteiger partial charge is 0.307 e. The molecular weight excluding hydrogens is 556 g/mol. The monoisotopic (exact) mass is 602 g/mol. The Bertz CT molecular complexity index is 1170. The fourth-order valence-electron chi connectivity index (χ4n) is 4.29. The van der Waals surface area contributed by atoms with Crippen molar-refractivity contribution in [2.24, 2.45) is 5.41 Å². The fraction of sp³-hybridized carbons (Fsp3) is 0.485. The van der Waals surface area contributed by atoms with Gasteiger partial charge in [-0.3, -0.25) is 14.4 Å². The van der Waals surface area contributed by atoms with Crippen LogP contribution >= 0.6 is 0 Å². The van der Waals surface area contributed by atoms with E-state index in [4.69, 9.17) is 14.6 Å². The number of esters is 2. The molecule has 43 heavy (non-hydrogen) atoms. The Morgan fingerprint density at radius 2 is 1.53 bits per heavy atom. The van der Waals surface area contributed by atoms with Crippen LogP contribution in [-0.4, -0.2) is 87.0 Å². The van der Waals surface area contributed by atoms with E-state index in [1.165, 1.54) is 0 Å². The number of carbonyl (C=O) groups is 3. The zero-order valence-electron chi connectivity index (χ0n) is 25.6. The summed E-state index contributed by atoms with van der Waals surface area (Å²) in [5.41, 5.74) is 2.91. The predicted molar refractivity (Wildman–Crippen MR) is 162 cm³/mol. The highest BCUT2D eigenvalue weighted by molar-refractivity contribution is 6.01. The maximum atomic E-state index is 13.1. The lowest BCUT2D eigenvalue weighted by Crippen LogP contribution is -2.47. The Morgan fingerprint density at radius 3 is 2.16 bits per heavy atom. The first kappa shape index (κ1) is 37.6. The predicted octanol–water partition coefficient (Wildman–Crippen LogP) is 2.72. The van der Waals surface area contributed by atoms with E-state index in [0.29, 0.717) is 5.57 Å². The van der Waals surface area contributed by atoms with Crippen LogP contribution in [0.25, 0.3) is 0 Å². The van der Waals surface area contributed by atoms with Gasteiger partial charge in [-0.2, -0.15) is 0 Å². The average molecular weight is 603 g/mol. The summed E-state index contributed by atoms with van der Waals surface area (Å²) in [4.78, 5) is 37.5. The van der Waals surface area contributed by atoms with E-state index >= 15 is 0 Å². The number of aliphatic hydroxyl groups is 5. The maximum absolute atomic E-state index is 13.1. The van der Waals surface area contributed by atoms with Crippen LogP contribution in [0.4, 0.5) is 0 Å². The Balaban J connectivity index is 2.73. The van der Waals surface area contributed by atoms with Crippen molar-refractivity contribution in [3.05, 3.63) is 83.6 Å². The second kappa shape index (κ2) is 18.3. The van der Waals surface area contributed by atoms with E-state index < -0.39 is 67.5 Å². The Labute approximate surface area is 253 Å². The number of rotatable bonds is 16. The number of aliphatic hydroxyl groups excluding tert-OH is 5. The van der Waals surface area contributed by atoms with Gasteiger partial charge in [0, 0.05) is 6.42 Å². The summed E-state index contributed by atoms with van der Waals surface area (Å²) in [5.74, 6) is -1.96. The zero-order valence-corrected chi connectivity index (χ0v) is 25.6. The molecule has 238 valence electrons. The first-order valence-electron chi connectivity index (χ1n) is 14.1. The molecule has 0 bridgehead atoms. The van der Waals surface area contributed by atoms with Crippen molar-refractivity contribution >= 4 is 17.7 Å². The van der Waals surface area contributed by atoms with E-state index in [9.17, 15) is 34.8 Å². The van der Waals surface area contributed by atoms with E-state index in [-0.39, 0.29) is 18.6 Å². The number of ether oxygens (including phenoxy) is 2. The fourth-order valence-corrected chi connectivity index (χ4v) is 4.29. The highest BCUT2D eigenvalue weighted by Crippen LogP contribution is 2.40. The molecular formula is C33H46O10. The topological polar surface area (TPSA) is 171 Å². The van der Waals surface area contributed by atoms with Gasteiger partial charge in [0.15, 0.2) is 11.9 Å². The summed E-state index contributed by atoms with van der Waals surface area (Å²) in [6, 6.07) is 0. The van der Waals surface area contributed by atoms with Gasteiger partial charge in [-0.15, -0.1) is 0 Å². The Kier molecular flexibility index (Phi) is 16.0. The molecule has 0 aromatic rings. The van der Waals surface area contributed by atoms with Crippen molar-refractivity contribution < 1.29 is 49.4 Å². The summed E-state index contributed by atoms with van der Waals surface area (Å²) >= 11 is 0. The van der Waals surface area contributed by atoms with Gasteiger partial charge in [-0.25, -0.2) is 0 Å². The van der Waals surface area contributed by atoms with E-state index in [2.05, 4.69) is 6.58 Å². The van der Waals surface area contributed by atoms with Gasteiger partial charge in [0.1, 0.15) is 31.0 Å². The molecule has 0 spiro atoms. The molecule has 5 atom stereocenters. The summed E-state index contributed by atoms with van der Waals surface area (Å²) in [6.45, 7) is 11.6. The second-order valence-electron chi connectivity index (χ2n) is 11.1. The zero-order chi connectivity index (χ0) is 32.7.